The molecular formula is C16H20OS. The first kappa shape index (κ1) is 13.5. The average Bonchev–Trinajstić information content (AvgIpc) is 2.46. The zero-order valence-electron chi connectivity index (χ0n) is 10.6. The van der Waals surface area contributed by atoms with Gasteiger partial charge in [-0.1, -0.05) is 43.4 Å². The van der Waals surface area contributed by atoms with Crippen LogP contribution in [-0.2, 0) is 0 Å². The minimum Gasteiger partial charge on any atom is -0.391 e. The summed E-state index contributed by atoms with van der Waals surface area (Å²) in [5.41, 5.74) is 0. The number of hydrogen-bond donors (Lipinski definition) is 1. The Kier molecular flexibility index (Phi) is 5.16. The molecule has 0 spiro atoms. The van der Waals surface area contributed by atoms with E-state index in [2.05, 4.69) is 5.92 Å². The van der Waals surface area contributed by atoms with Gasteiger partial charge >= 0.3 is 0 Å². The van der Waals surface area contributed by atoms with Crippen LogP contribution in [0.5, 0.6) is 0 Å². The number of rotatable bonds is 4. The predicted molar refractivity (Wildman–Crippen MR) is 77.5 cm³/mol. The Morgan fingerprint density at radius 2 is 1.83 bits per heavy atom. The second-order valence-electron chi connectivity index (χ2n) is 4.91. The van der Waals surface area contributed by atoms with Crippen LogP contribution in [0.15, 0.2) is 35.2 Å². The third kappa shape index (κ3) is 3.54. The molecular weight excluding hydrogens is 240 g/mol. The SMILES string of the molecule is C#CC(Sc1ccccc1)[C@H](O)C1CCCCC1. The van der Waals surface area contributed by atoms with Crippen LogP contribution in [0.25, 0.3) is 0 Å². The molecule has 1 aromatic rings. The predicted octanol–water partition coefficient (Wildman–Crippen LogP) is 3.72. The maximum atomic E-state index is 10.4. The van der Waals surface area contributed by atoms with E-state index in [4.69, 9.17) is 6.42 Å². The summed E-state index contributed by atoms with van der Waals surface area (Å²) in [6.07, 6.45) is 11.2. The van der Waals surface area contributed by atoms with Crippen LogP contribution in [0, 0.1) is 18.3 Å². The zero-order chi connectivity index (χ0) is 12.8. The van der Waals surface area contributed by atoms with Gasteiger partial charge in [-0.2, -0.15) is 0 Å². The van der Waals surface area contributed by atoms with Crippen LogP contribution in [-0.4, -0.2) is 16.5 Å². The Morgan fingerprint density at radius 1 is 1.17 bits per heavy atom. The van der Waals surface area contributed by atoms with Gasteiger partial charge in [-0.3, -0.25) is 0 Å². The highest BCUT2D eigenvalue weighted by molar-refractivity contribution is 8.00. The van der Waals surface area contributed by atoms with Gasteiger partial charge in [-0.05, 0) is 30.9 Å². The third-order valence-corrected chi connectivity index (χ3v) is 4.83. The molecule has 0 amide bonds. The highest BCUT2D eigenvalue weighted by Crippen LogP contribution is 2.33. The van der Waals surface area contributed by atoms with E-state index in [-0.39, 0.29) is 11.4 Å². The van der Waals surface area contributed by atoms with Gasteiger partial charge in [0.1, 0.15) is 0 Å². The second-order valence-corrected chi connectivity index (χ2v) is 6.12. The number of hydrogen-bond acceptors (Lipinski definition) is 2. The van der Waals surface area contributed by atoms with Crippen molar-refractivity contribution in [3.63, 3.8) is 0 Å². The van der Waals surface area contributed by atoms with Crippen molar-refractivity contribution in [3.05, 3.63) is 30.3 Å². The van der Waals surface area contributed by atoms with Crippen molar-refractivity contribution in [1.29, 1.82) is 0 Å². The van der Waals surface area contributed by atoms with Crippen LogP contribution in [0.1, 0.15) is 32.1 Å². The summed E-state index contributed by atoms with van der Waals surface area (Å²) in [5.74, 6) is 3.15. The van der Waals surface area contributed by atoms with E-state index in [1.807, 2.05) is 30.3 Å². The summed E-state index contributed by atoms with van der Waals surface area (Å²) < 4.78 is 0. The molecule has 96 valence electrons. The van der Waals surface area contributed by atoms with Gasteiger partial charge in [0.2, 0.25) is 0 Å². The van der Waals surface area contributed by atoms with Gasteiger partial charge in [-0.15, -0.1) is 18.2 Å². The Hall–Kier alpha value is -0.910. The largest absolute Gasteiger partial charge is 0.391 e. The quantitative estimate of drug-likeness (QED) is 0.657. The molecule has 0 bridgehead atoms. The second kappa shape index (κ2) is 6.87. The van der Waals surface area contributed by atoms with E-state index < -0.39 is 0 Å². The molecule has 1 aliphatic carbocycles. The normalized spacial score (nSPS) is 20.0. The van der Waals surface area contributed by atoms with Crippen LogP contribution >= 0.6 is 11.8 Å². The lowest BCUT2D eigenvalue weighted by Gasteiger charge is -2.29. The Labute approximate surface area is 114 Å². The molecule has 0 aromatic heterocycles. The van der Waals surface area contributed by atoms with Crippen molar-refractivity contribution in [2.24, 2.45) is 5.92 Å². The monoisotopic (exact) mass is 260 g/mol. The highest BCUT2D eigenvalue weighted by atomic mass is 32.2. The van der Waals surface area contributed by atoms with E-state index in [0.29, 0.717) is 5.92 Å². The first-order valence-electron chi connectivity index (χ1n) is 6.67. The van der Waals surface area contributed by atoms with Crippen LogP contribution < -0.4 is 0 Å². The minimum absolute atomic E-state index is 0.129. The standard InChI is InChI=1S/C16H20OS/c1-2-15(18-14-11-7-4-8-12-14)16(17)13-9-5-3-6-10-13/h1,4,7-8,11-13,15-17H,3,5-6,9-10H2/t15?,16-/m1/s1. The van der Waals surface area contributed by atoms with Gasteiger partial charge in [0.05, 0.1) is 11.4 Å². The maximum absolute atomic E-state index is 10.4. The lowest BCUT2D eigenvalue weighted by Crippen LogP contribution is -2.31. The molecule has 0 saturated heterocycles. The van der Waals surface area contributed by atoms with Crippen molar-refractivity contribution in [2.75, 3.05) is 0 Å². The van der Waals surface area contributed by atoms with Gasteiger partial charge in [0, 0.05) is 4.90 Å². The smallest absolute Gasteiger partial charge is 0.0962 e. The van der Waals surface area contributed by atoms with Gasteiger partial charge in [0.15, 0.2) is 0 Å². The van der Waals surface area contributed by atoms with E-state index in [9.17, 15) is 5.11 Å². The minimum atomic E-state index is -0.375. The molecule has 2 rings (SSSR count). The van der Waals surface area contributed by atoms with Gasteiger partial charge < -0.3 is 5.11 Å². The fourth-order valence-electron chi connectivity index (χ4n) is 2.57. The highest BCUT2D eigenvalue weighted by Gasteiger charge is 2.28. The summed E-state index contributed by atoms with van der Waals surface area (Å²) in [4.78, 5) is 1.13. The molecule has 0 aliphatic heterocycles. The number of thioether (sulfide) groups is 1. The van der Waals surface area contributed by atoms with E-state index in [0.717, 1.165) is 17.7 Å². The summed E-state index contributed by atoms with van der Waals surface area (Å²) in [5, 5.41) is 10.3. The van der Waals surface area contributed by atoms with Crippen LogP contribution in [0.2, 0.25) is 0 Å². The zero-order valence-corrected chi connectivity index (χ0v) is 11.4. The van der Waals surface area contributed by atoms with Crippen molar-refractivity contribution >= 4 is 11.8 Å². The molecule has 1 N–H and O–H groups in total. The van der Waals surface area contributed by atoms with Crippen molar-refractivity contribution in [1.82, 2.24) is 0 Å². The van der Waals surface area contributed by atoms with Crippen molar-refractivity contribution in [3.8, 4) is 12.3 Å². The van der Waals surface area contributed by atoms with Gasteiger partial charge in [-0.25, -0.2) is 0 Å². The van der Waals surface area contributed by atoms with Crippen molar-refractivity contribution in [2.45, 2.75) is 48.4 Å². The fraction of sp³-hybridized carbons (Fsp3) is 0.500. The molecule has 2 atom stereocenters. The molecule has 1 nitrogen and oxygen atoms in total. The molecule has 1 aliphatic rings. The van der Waals surface area contributed by atoms with Crippen molar-refractivity contribution < 1.29 is 5.11 Å². The van der Waals surface area contributed by atoms with E-state index in [1.54, 1.807) is 11.8 Å². The number of terminal acetylenes is 1. The lowest BCUT2D eigenvalue weighted by atomic mass is 9.84. The fourth-order valence-corrected chi connectivity index (χ4v) is 3.61. The Morgan fingerprint density at radius 3 is 2.44 bits per heavy atom. The number of aliphatic hydroxyl groups is 1. The summed E-state index contributed by atoms with van der Waals surface area (Å²) in [6.45, 7) is 0. The van der Waals surface area contributed by atoms with Crippen LogP contribution in [0.3, 0.4) is 0 Å². The molecule has 1 fully saturated rings. The molecule has 0 radical (unpaired) electrons. The average molecular weight is 260 g/mol. The summed E-state index contributed by atoms with van der Waals surface area (Å²) >= 11 is 1.60. The lowest BCUT2D eigenvalue weighted by molar-refractivity contribution is 0.0933. The first-order valence-corrected chi connectivity index (χ1v) is 7.55. The number of benzene rings is 1. The van der Waals surface area contributed by atoms with E-state index in [1.165, 1.54) is 19.3 Å². The summed E-state index contributed by atoms with van der Waals surface area (Å²) in [6, 6.07) is 10.1. The summed E-state index contributed by atoms with van der Waals surface area (Å²) in [7, 11) is 0. The molecule has 1 aromatic carbocycles. The topological polar surface area (TPSA) is 20.2 Å². The van der Waals surface area contributed by atoms with Gasteiger partial charge in [0.25, 0.3) is 0 Å². The molecule has 1 unspecified atom stereocenters. The van der Waals surface area contributed by atoms with Crippen LogP contribution in [0.4, 0.5) is 0 Å². The molecule has 0 heterocycles. The maximum Gasteiger partial charge on any atom is 0.0962 e. The first-order chi connectivity index (χ1) is 8.81. The Bertz CT molecular complexity index is 389. The molecule has 1 saturated carbocycles. The number of aliphatic hydroxyl groups excluding tert-OH is 1. The van der Waals surface area contributed by atoms with E-state index >= 15 is 0 Å². The Balaban J connectivity index is 1.97. The third-order valence-electron chi connectivity index (χ3n) is 3.61. The molecule has 18 heavy (non-hydrogen) atoms. The molecule has 2 heteroatoms.